The van der Waals surface area contributed by atoms with E-state index in [1.165, 1.54) is 12.1 Å². The zero-order valence-corrected chi connectivity index (χ0v) is 15.0. The third-order valence-electron chi connectivity index (χ3n) is 4.20. The van der Waals surface area contributed by atoms with Gasteiger partial charge in [0.2, 0.25) is 11.8 Å². The maximum atomic E-state index is 12.8. The Balaban J connectivity index is 0.00000338. The van der Waals surface area contributed by atoms with Crippen LogP contribution in [0.5, 0.6) is 0 Å². The van der Waals surface area contributed by atoms with Gasteiger partial charge in [0.15, 0.2) is 0 Å². The van der Waals surface area contributed by atoms with E-state index in [9.17, 15) is 22.8 Å². The van der Waals surface area contributed by atoms with Crippen LogP contribution < -0.4 is 11.1 Å². The Kier molecular flexibility index (Phi) is 8.36. The predicted octanol–water partition coefficient (Wildman–Crippen LogP) is 1.98. The molecule has 1 aliphatic rings. The van der Waals surface area contributed by atoms with Gasteiger partial charge in [-0.1, -0.05) is 18.2 Å². The molecule has 2 amide bonds. The average molecular weight is 394 g/mol. The molecule has 0 radical (unpaired) electrons. The van der Waals surface area contributed by atoms with Crippen molar-refractivity contribution in [1.82, 2.24) is 10.2 Å². The molecule has 0 saturated carbocycles. The van der Waals surface area contributed by atoms with Crippen molar-refractivity contribution in [3.05, 3.63) is 35.4 Å². The van der Waals surface area contributed by atoms with E-state index in [0.717, 1.165) is 12.1 Å². The van der Waals surface area contributed by atoms with E-state index in [1.54, 1.807) is 4.90 Å². The molecule has 0 aliphatic carbocycles. The zero-order valence-electron chi connectivity index (χ0n) is 14.2. The molecule has 9 heteroatoms. The molecule has 1 aromatic carbocycles. The number of carbonyl (C=O) groups excluding carboxylic acids is 2. The van der Waals surface area contributed by atoms with Crippen molar-refractivity contribution < 1.29 is 22.8 Å². The quantitative estimate of drug-likeness (QED) is 0.803. The van der Waals surface area contributed by atoms with Gasteiger partial charge in [0.05, 0.1) is 17.9 Å². The number of hydrogen-bond acceptors (Lipinski definition) is 3. The van der Waals surface area contributed by atoms with Crippen molar-refractivity contribution in [3.63, 3.8) is 0 Å². The van der Waals surface area contributed by atoms with Gasteiger partial charge in [0.1, 0.15) is 0 Å². The van der Waals surface area contributed by atoms with Gasteiger partial charge in [-0.15, -0.1) is 12.4 Å². The molecule has 3 N–H and O–H groups in total. The number of nitrogens with two attached hydrogens (primary N) is 1. The molecule has 1 aliphatic heterocycles. The van der Waals surface area contributed by atoms with E-state index in [1.807, 2.05) is 0 Å². The number of likely N-dealkylation sites (tertiary alicyclic amines) is 1. The van der Waals surface area contributed by atoms with Gasteiger partial charge in [0, 0.05) is 26.2 Å². The highest BCUT2D eigenvalue weighted by Gasteiger charge is 2.31. The predicted molar refractivity (Wildman–Crippen MR) is 93.8 cm³/mol. The number of amides is 2. The first-order chi connectivity index (χ1) is 11.8. The van der Waals surface area contributed by atoms with E-state index in [-0.39, 0.29) is 43.1 Å². The van der Waals surface area contributed by atoms with Crippen LogP contribution in [0.25, 0.3) is 0 Å². The number of benzene rings is 1. The topological polar surface area (TPSA) is 75.4 Å². The van der Waals surface area contributed by atoms with Crippen LogP contribution in [0.2, 0.25) is 0 Å². The van der Waals surface area contributed by atoms with E-state index in [2.05, 4.69) is 5.32 Å². The minimum absolute atomic E-state index is 0. The van der Waals surface area contributed by atoms with Crippen molar-refractivity contribution in [2.45, 2.75) is 25.4 Å². The molecule has 1 heterocycles. The molecule has 1 fully saturated rings. The summed E-state index contributed by atoms with van der Waals surface area (Å²) in [5.74, 6) is -0.705. The molecular formula is C17H23ClF3N3O2. The number of nitrogens with zero attached hydrogens (tertiary/aromatic N) is 1. The van der Waals surface area contributed by atoms with Gasteiger partial charge >= 0.3 is 6.18 Å². The Morgan fingerprint density at radius 3 is 2.69 bits per heavy atom. The summed E-state index contributed by atoms with van der Waals surface area (Å²) in [6.07, 6.45) is -3.17. The lowest BCUT2D eigenvalue weighted by Gasteiger charge is -2.32. The molecule has 26 heavy (non-hydrogen) atoms. The third kappa shape index (κ3) is 6.17. The fourth-order valence-corrected chi connectivity index (χ4v) is 2.90. The largest absolute Gasteiger partial charge is 0.416 e. The summed E-state index contributed by atoms with van der Waals surface area (Å²) in [5.41, 5.74) is 4.90. The number of nitrogens with one attached hydrogen (secondary N) is 1. The first-order valence-corrected chi connectivity index (χ1v) is 8.23. The fraction of sp³-hybridized carbons (Fsp3) is 0.529. The molecule has 5 nitrogen and oxygen atoms in total. The van der Waals surface area contributed by atoms with E-state index in [4.69, 9.17) is 5.73 Å². The molecule has 0 bridgehead atoms. The van der Waals surface area contributed by atoms with E-state index >= 15 is 0 Å². The number of halogens is 4. The van der Waals surface area contributed by atoms with Gasteiger partial charge in [-0.05, 0) is 24.5 Å². The first kappa shape index (κ1) is 22.2. The maximum absolute atomic E-state index is 12.8. The van der Waals surface area contributed by atoms with Gasteiger partial charge in [-0.25, -0.2) is 0 Å². The summed E-state index contributed by atoms with van der Waals surface area (Å²) in [7, 11) is 0. The summed E-state index contributed by atoms with van der Waals surface area (Å²) in [4.78, 5) is 26.0. The average Bonchev–Trinajstić information content (AvgIpc) is 2.59. The Morgan fingerprint density at radius 1 is 1.31 bits per heavy atom. The van der Waals surface area contributed by atoms with Gasteiger partial charge < -0.3 is 16.0 Å². The van der Waals surface area contributed by atoms with Crippen molar-refractivity contribution in [2.75, 3.05) is 26.2 Å². The lowest BCUT2D eigenvalue weighted by atomic mass is 9.96. The smallest absolute Gasteiger partial charge is 0.355 e. The minimum atomic E-state index is -4.43. The van der Waals surface area contributed by atoms with Crippen LogP contribution in [0.15, 0.2) is 24.3 Å². The van der Waals surface area contributed by atoms with Crippen molar-refractivity contribution in [3.8, 4) is 0 Å². The molecule has 1 atom stereocenters. The lowest BCUT2D eigenvalue weighted by Crippen LogP contribution is -2.46. The normalized spacial score (nSPS) is 17.4. The molecule has 0 spiro atoms. The summed E-state index contributed by atoms with van der Waals surface area (Å²) >= 11 is 0. The highest BCUT2D eigenvalue weighted by molar-refractivity contribution is 5.85. The van der Waals surface area contributed by atoms with Crippen molar-refractivity contribution in [1.29, 1.82) is 0 Å². The zero-order chi connectivity index (χ0) is 18.4. The van der Waals surface area contributed by atoms with Crippen LogP contribution in [0.1, 0.15) is 24.0 Å². The Hall–Kier alpha value is -1.80. The van der Waals surface area contributed by atoms with Gasteiger partial charge in [-0.3, -0.25) is 9.59 Å². The second-order valence-electron chi connectivity index (χ2n) is 6.13. The number of alkyl halides is 3. The van der Waals surface area contributed by atoms with Gasteiger partial charge in [0.25, 0.3) is 0 Å². The van der Waals surface area contributed by atoms with Crippen LogP contribution in [0.4, 0.5) is 13.2 Å². The van der Waals surface area contributed by atoms with Crippen LogP contribution in [-0.2, 0) is 22.2 Å². The summed E-state index contributed by atoms with van der Waals surface area (Å²) in [5, 5.41) is 2.71. The highest BCUT2D eigenvalue weighted by atomic mass is 35.5. The second-order valence-corrected chi connectivity index (χ2v) is 6.13. The number of hydrogen-bond donors (Lipinski definition) is 2. The van der Waals surface area contributed by atoms with Crippen molar-refractivity contribution in [2.24, 2.45) is 11.7 Å². The minimum Gasteiger partial charge on any atom is -0.355 e. The van der Waals surface area contributed by atoms with Crippen LogP contribution >= 0.6 is 12.4 Å². The number of carbonyl (C=O) groups is 2. The van der Waals surface area contributed by atoms with E-state index < -0.39 is 11.7 Å². The van der Waals surface area contributed by atoms with Crippen molar-refractivity contribution >= 4 is 24.2 Å². The standard InChI is InChI=1S/C17H22F3N3O2.ClH/c18-17(19,20)14-5-1-3-12(9-14)10-15(24)23-8-2-4-13(11-23)16(25)22-7-6-21;/h1,3,5,9,13H,2,4,6-8,10-11,21H2,(H,22,25);1H. The molecular weight excluding hydrogens is 371 g/mol. The second kappa shape index (κ2) is 9.78. The summed E-state index contributed by atoms with van der Waals surface area (Å²) in [6, 6.07) is 4.77. The van der Waals surface area contributed by atoms with Crippen LogP contribution in [-0.4, -0.2) is 42.9 Å². The molecule has 1 saturated heterocycles. The number of piperidine rings is 1. The van der Waals surface area contributed by atoms with Crippen LogP contribution in [0.3, 0.4) is 0 Å². The maximum Gasteiger partial charge on any atom is 0.416 e. The molecule has 146 valence electrons. The van der Waals surface area contributed by atoms with Gasteiger partial charge in [-0.2, -0.15) is 13.2 Å². The Bertz CT molecular complexity index is 626. The molecule has 1 aromatic rings. The van der Waals surface area contributed by atoms with E-state index in [0.29, 0.717) is 38.0 Å². The first-order valence-electron chi connectivity index (χ1n) is 8.23. The molecule has 0 aromatic heterocycles. The summed E-state index contributed by atoms with van der Waals surface area (Å²) in [6.45, 7) is 1.52. The highest BCUT2D eigenvalue weighted by Crippen LogP contribution is 2.29. The summed E-state index contributed by atoms with van der Waals surface area (Å²) < 4.78 is 38.3. The van der Waals surface area contributed by atoms with Crippen LogP contribution in [0, 0.1) is 5.92 Å². The SMILES string of the molecule is Cl.NCCNC(=O)C1CCCN(C(=O)Cc2cccc(C(F)(F)F)c2)C1. The Labute approximate surface area is 156 Å². The monoisotopic (exact) mass is 393 g/mol. The molecule has 1 unspecified atom stereocenters. The number of rotatable bonds is 5. The Morgan fingerprint density at radius 2 is 2.04 bits per heavy atom. The fourth-order valence-electron chi connectivity index (χ4n) is 2.90. The lowest BCUT2D eigenvalue weighted by molar-refractivity contribution is -0.138. The third-order valence-corrected chi connectivity index (χ3v) is 4.20. The molecule has 2 rings (SSSR count).